The molecule has 172 valence electrons. The number of amides is 2. The minimum Gasteiger partial charge on any atom is -0.481 e. The van der Waals surface area contributed by atoms with Crippen molar-refractivity contribution in [3.63, 3.8) is 0 Å². The molecule has 0 aromatic carbocycles. The van der Waals surface area contributed by atoms with Crippen LogP contribution in [0.4, 0.5) is 4.79 Å². The van der Waals surface area contributed by atoms with Crippen LogP contribution in [0.15, 0.2) is 9.52 Å². The Morgan fingerprint density at radius 2 is 2.03 bits per heavy atom. The van der Waals surface area contributed by atoms with Crippen molar-refractivity contribution >= 4 is 23.9 Å². The second-order valence-electron chi connectivity index (χ2n) is 7.17. The molecule has 1 aliphatic rings. The minimum absolute atomic E-state index is 0.0635. The molecule has 2 amide bonds. The number of carboxylic acid groups (broad SMARTS) is 2. The number of carbonyl (C=O) groups excluding carboxylic acids is 1. The molecule has 0 aliphatic carbocycles. The summed E-state index contributed by atoms with van der Waals surface area (Å²) in [6, 6.07) is -2.94. The van der Waals surface area contributed by atoms with E-state index >= 15 is 0 Å². The first-order valence-corrected chi connectivity index (χ1v) is 9.85. The number of likely N-dealkylation sites (tertiary alicyclic amines) is 1. The van der Waals surface area contributed by atoms with Gasteiger partial charge in [-0.1, -0.05) is 5.16 Å². The standard InChI is InChI=1S/C17H28N8O6/c18-9(5-6-12(26)27)13-23-14(31-24-13)10(3-1-7-21-16(19)20)22-17(30)25-8-2-4-11(25)15(28)29/h9-11H,1-8,18H2,(H,22,30)(H,26,27)(H,28,29)(H4,19,20,21)/t9-,10-,11?/m0/s1. The number of carbonyl (C=O) groups is 3. The Morgan fingerprint density at radius 1 is 1.29 bits per heavy atom. The molecule has 1 aromatic rings. The topological polar surface area (TPSA) is 236 Å². The normalized spacial score (nSPS) is 17.7. The van der Waals surface area contributed by atoms with Gasteiger partial charge in [0.1, 0.15) is 12.1 Å². The number of nitrogens with zero attached hydrogens (tertiary/aromatic N) is 4. The fraction of sp³-hybridized carbons (Fsp3) is 0.647. The van der Waals surface area contributed by atoms with E-state index in [1.807, 2.05) is 0 Å². The third-order valence-corrected chi connectivity index (χ3v) is 4.80. The monoisotopic (exact) mass is 440 g/mol. The lowest BCUT2D eigenvalue weighted by atomic mass is 10.1. The van der Waals surface area contributed by atoms with Gasteiger partial charge >= 0.3 is 18.0 Å². The van der Waals surface area contributed by atoms with Gasteiger partial charge in [0.15, 0.2) is 11.8 Å². The van der Waals surface area contributed by atoms with Crippen molar-refractivity contribution in [2.24, 2.45) is 22.2 Å². The molecular weight excluding hydrogens is 412 g/mol. The fourth-order valence-electron chi connectivity index (χ4n) is 3.21. The molecule has 1 unspecified atom stereocenters. The van der Waals surface area contributed by atoms with Crippen molar-refractivity contribution in [3.8, 4) is 0 Å². The summed E-state index contributed by atoms with van der Waals surface area (Å²) in [5.74, 6) is -1.94. The van der Waals surface area contributed by atoms with E-state index in [2.05, 4.69) is 20.4 Å². The third-order valence-electron chi connectivity index (χ3n) is 4.80. The van der Waals surface area contributed by atoms with E-state index in [4.69, 9.17) is 26.8 Å². The Kier molecular flexibility index (Phi) is 8.54. The van der Waals surface area contributed by atoms with Gasteiger partial charge in [0.2, 0.25) is 5.89 Å². The predicted molar refractivity (Wildman–Crippen MR) is 107 cm³/mol. The number of rotatable bonds is 11. The zero-order chi connectivity index (χ0) is 23.0. The van der Waals surface area contributed by atoms with Crippen molar-refractivity contribution in [1.82, 2.24) is 20.4 Å². The highest BCUT2D eigenvalue weighted by molar-refractivity contribution is 5.83. The number of aromatic nitrogens is 2. The number of nitrogens with two attached hydrogens (primary N) is 3. The van der Waals surface area contributed by atoms with Gasteiger partial charge in [-0.25, -0.2) is 9.59 Å². The lowest BCUT2D eigenvalue weighted by Crippen LogP contribution is -2.47. The maximum Gasteiger partial charge on any atom is 0.326 e. The van der Waals surface area contributed by atoms with Gasteiger partial charge in [-0.05, 0) is 32.1 Å². The van der Waals surface area contributed by atoms with Crippen molar-refractivity contribution < 1.29 is 29.1 Å². The first-order valence-electron chi connectivity index (χ1n) is 9.85. The van der Waals surface area contributed by atoms with E-state index in [9.17, 15) is 19.5 Å². The van der Waals surface area contributed by atoms with Crippen LogP contribution in [0, 0.1) is 0 Å². The summed E-state index contributed by atoms with van der Waals surface area (Å²) in [6.07, 6.45) is 1.72. The molecule has 9 N–H and O–H groups in total. The van der Waals surface area contributed by atoms with Crippen LogP contribution in [0.25, 0.3) is 0 Å². The lowest BCUT2D eigenvalue weighted by molar-refractivity contribution is -0.141. The molecular formula is C17H28N8O6. The number of aliphatic carboxylic acids is 2. The van der Waals surface area contributed by atoms with Gasteiger partial charge in [0.05, 0.1) is 6.04 Å². The summed E-state index contributed by atoms with van der Waals surface area (Å²) in [7, 11) is 0. The molecule has 3 atom stereocenters. The number of hydrogen-bond donors (Lipinski definition) is 6. The Morgan fingerprint density at radius 3 is 2.68 bits per heavy atom. The molecule has 2 rings (SSSR count). The number of guanidine groups is 1. The Balaban J connectivity index is 2.11. The van der Waals surface area contributed by atoms with Gasteiger partial charge in [-0.15, -0.1) is 0 Å². The number of hydrogen-bond acceptors (Lipinski definition) is 8. The van der Waals surface area contributed by atoms with Gasteiger partial charge < -0.3 is 42.2 Å². The summed E-state index contributed by atoms with van der Waals surface area (Å²) in [4.78, 5) is 44.2. The highest BCUT2D eigenvalue weighted by Gasteiger charge is 2.35. The van der Waals surface area contributed by atoms with E-state index < -0.39 is 36.1 Å². The minimum atomic E-state index is -1.07. The van der Waals surface area contributed by atoms with E-state index in [-0.39, 0.29) is 30.5 Å². The number of urea groups is 1. The highest BCUT2D eigenvalue weighted by Crippen LogP contribution is 2.23. The Labute approximate surface area is 177 Å². The molecule has 1 aliphatic heterocycles. The molecule has 31 heavy (non-hydrogen) atoms. The van der Waals surface area contributed by atoms with Crippen LogP contribution in [0.1, 0.15) is 62.3 Å². The quantitative estimate of drug-likeness (QED) is 0.143. The van der Waals surface area contributed by atoms with Gasteiger partial charge in [0.25, 0.3) is 0 Å². The third kappa shape index (κ3) is 7.09. The first-order chi connectivity index (χ1) is 14.7. The molecule has 14 heteroatoms. The summed E-state index contributed by atoms with van der Waals surface area (Å²) in [6.45, 7) is 0.619. The van der Waals surface area contributed by atoms with Gasteiger partial charge in [-0.2, -0.15) is 4.98 Å². The van der Waals surface area contributed by atoms with Crippen LogP contribution in [0.3, 0.4) is 0 Å². The second-order valence-corrected chi connectivity index (χ2v) is 7.17. The van der Waals surface area contributed by atoms with E-state index in [1.165, 1.54) is 4.90 Å². The molecule has 0 radical (unpaired) electrons. The van der Waals surface area contributed by atoms with Gasteiger partial charge in [-0.3, -0.25) is 9.79 Å². The van der Waals surface area contributed by atoms with Crippen molar-refractivity contribution in [2.75, 3.05) is 13.1 Å². The van der Waals surface area contributed by atoms with Crippen LogP contribution in [0.2, 0.25) is 0 Å². The summed E-state index contributed by atoms with van der Waals surface area (Å²) in [5, 5.41) is 24.6. The van der Waals surface area contributed by atoms with Crippen LogP contribution in [0.5, 0.6) is 0 Å². The first kappa shape index (κ1) is 23.9. The zero-order valence-electron chi connectivity index (χ0n) is 16.9. The second kappa shape index (κ2) is 11.1. The summed E-state index contributed by atoms with van der Waals surface area (Å²) < 4.78 is 5.25. The molecule has 0 bridgehead atoms. The average molecular weight is 440 g/mol. The van der Waals surface area contributed by atoms with Crippen molar-refractivity contribution in [2.45, 2.75) is 56.7 Å². The Hall–Kier alpha value is -3.42. The Bertz CT molecular complexity index is 808. The molecule has 1 fully saturated rings. The zero-order valence-corrected chi connectivity index (χ0v) is 16.9. The number of nitrogens with one attached hydrogen (secondary N) is 1. The summed E-state index contributed by atoms with van der Waals surface area (Å²) in [5.41, 5.74) is 16.5. The smallest absolute Gasteiger partial charge is 0.326 e. The molecule has 0 saturated carbocycles. The van der Waals surface area contributed by atoms with E-state index in [1.54, 1.807) is 0 Å². The van der Waals surface area contributed by atoms with Gasteiger partial charge in [0, 0.05) is 19.5 Å². The van der Waals surface area contributed by atoms with Crippen LogP contribution < -0.4 is 22.5 Å². The maximum atomic E-state index is 12.7. The molecule has 1 saturated heterocycles. The van der Waals surface area contributed by atoms with E-state index in [0.717, 1.165) is 0 Å². The fourth-order valence-corrected chi connectivity index (χ4v) is 3.21. The molecule has 1 aromatic heterocycles. The number of aliphatic imine (C=N–C) groups is 1. The highest BCUT2D eigenvalue weighted by atomic mass is 16.5. The average Bonchev–Trinajstić information content (AvgIpc) is 3.38. The molecule has 0 spiro atoms. The lowest BCUT2D eigenvalue weighted by Gasteiger charge is -2.24. The van der Waals surface area contributed by atoms with Crippen LogP contribution >= 0.6 is 0 Å². The SMILES string of the molecule is NC(N)=NCCC[C@H](NC(=O)N1CCCC1C(=O)O)c1nc([C@@H](N)CCC(=O)O)no1. The van der Waals surface area contributed by atoms with E-state index in [0.29, 0.717) is 38.8 Å². The summed E-state index contributed by atoms with van der Waals surface area (Å²) >= 11 is 0. The van der Waals surface area contributed by atoms with Crippen LogP contribution in [-0.2, 0) is 9.59 Å². The van der Waals surface area contributed by atoms with Crippen molar-refractivity contribution in [1.29, 1.82) is 0 Å². The maximum absolute atomic E-state index is 12.7. The number of carboxylic acids is 2. The molecule has 14 nitrogen and oxygen atoms in total. The molecule has 2 heterocycles. The van der Waals surface area contributed by atoms with Crippen LogP contribution in [-0.4, -0.2) is 68.3 Å². The largest absolute Gasteiger partial charge is 0.481 e. The predicted octanol–water partition coefficient (Wildman–Crippen LogP) is -0.712. The van der Waals surface area contributed by atoms with Crippen molar-refractivity contribution in [3.05, 3.63) is 11.7 Å².